The summed E-state index contributed by atoms with van der Waals surface area (Å²) < 4.78 is 15.3. The maximum Gasteiger partial charge on any atom is 0.350 e. The van der Waals surface area contributed by atoms with E-state index < -0.39 is 11.9 Å². The van der Waals surface area contributed by atoms with Gasteiger partial charge in [0.25, 0.3) is 0 Å². The molecule has 2 aromatic heterocycles. The van der Waals surface area contributed by atoms with Crippen LogP contribution in [0, 0.1) is 0 Å². The van der Waals surface area contributed by atoms with Crippen molar-refractivity contribution < 1.29 is 9.50 Å². The van der Waals surface area contributed by atoms with E-state index in [1.54, 1.807) is 31.3 Å². The Hall–Kier alpha value is -3.36. The highest BCUT2D eigenvalue weighted by Crippen LogP contribution is 2.32. The number of halogens is 1. The summed E-state index contributed by atoms with van der Waals surface area (Å²) >= 11 is 0. The largest absolute Gasteiger partial charge is 0.507 e. The lowest BCUT2D eigenvalue weighted by atomic mass is 10.1. The van der Waals surface area contributed by atoms with Crippen molar-refractivity contribution >= 4 is 5.82 Å². The van der Waals surface area contributed by atoms with Crippen molar-refractivity contribution in [2.45, 2.75) is 31.5 Å². The van der Waals surface area contributed by atoms with Gasteiger partial charge in [0.05, 0.1) is 11.7 Å². The minimum absolute atomic E-state index is 0.0261. The average molecular weight is 396 g/mol. The molecule has 1 aromatic carbocycles. The molecule has 0 unspecified atom stereocenters. The second-order valence-electron chi connectivity index (χ2n) is 7.21. The van der Waals surface area contributed by atoms with Crippen molar-refractivity contribution in [3.8, 4) is 28.4 Å². The number of anilines is 1. The van der Waals surface area contributed by atoms with Gasteiger partial charge in [-0.3, -0.25) is 4.57 Å². The molecular weight excluding hydrogens is 375 g/mol. The highest BCUT2D eigenvalue weighted by Gasteiger charge is 2.31. The molecule has 0 amide bonds. The molecule has 4 rings (SSSR count). The number of hydrogen-bond donors (Lipinski definition) is 1. The van der Waals surface area contributed by atoms with Crippen LogP contribution in [0.5, 0.6) is 5.75 Å². The van der Waals surface area contributed by atoms with Crippen molar-refractivity contribution in [2.75, 3.05) is 11.9 Å². The molecule has 150 valence electrons. The summed E-state index contributed by atoms with van der Waals surface area (Å²) in [7, 11) is 3.38. The highest BCUT2D eigenvalue weighted by atomic mass is 19.1. The van der Waals surface area contributed by atoms with Crippen LogP contribution in [0.3, 0.4) is 0 Å². The molecule has 1 aliphatic carbocycles. The number of aromatic nitrogens is 5. The molecule has 29 heavy (non-hydrogen) atoms. The topological polar surface area (TPSA) is 97.0 Å². The van der Waals surface area contributed by atoms with Gasteiger partial charge in [0.15, 0.2) is 11.6 Å². The first-order chi connectivity index (χ1) is 13.9. The molecular formula is C20H21FN6O2. The van der Waals surface area contributed by atoms with E-state index in [1.807, 2.05) is 11.9 Å². The SMILES string of the molecule is CN(c1ccc(-c2ccc(-c3ncn(C)c(=O)n3)cc2O)nn1)[C@H]1CCC[C@H]1F. The molecule has 1 fully saturated rings. The van der Waals surface area contributed by atoms with Crippen LogP contribution in [-0.4, -0.2) is 49.1 Å². The summed E-state index contributed by atoms with van der Waals surface area (Å²) in [5, 5.41) is 18.9. The number of alkyl halides is 1. The van der Waals surface area contributed by atoms with E-state index >= 15 is 0 Å². The summed E-state index contributed by atoms with van der Waals surface area (Å²) in [4.78, 5) is 21.5. The molecule has 2 heterocycles. The maximum absolute atomic E-state index is 14.0. The zero-order valence-corrected chi connectivity index (χ0v) is 16.2. The normalized spacial score (nSPS) is 18.7. The second kappa shape index (κ2) is 7.57. The van der Waals surface area contributed by atoms with Gasteiger partial charge in [0, 0.05) is 25.2 Å². The van der Waals surface area contributed by atoms with E-state index in [9.17, 15) is 14.3 Å². The first kappa shape index (κ1) is 19.0. The molecule has 8 nitrogen and oxygen atoms in total. The van der Waals surface area contributed by atoms with Gasteiger partial charge in [0.2, 0.25) is 0 Å². The number of nitrogens with zero attached hydrogens (tertiary/aromatic N) is 6. The third kappa shape index (κ3) is 3.67. The van der Waals surface area contributed by atoms with Gasteiger partial charge < -0.3 is 10.0 Å². The van der Waals surface area contributed by atoms with Crippen molar-refractivity contribution in [3.63, 3.8) is 0 Å². The summed E-state index contributed by atoms with van der Waals surface area (Å²) in [5.74, 6) is 0.796. The van der Waals surface area contributed by atoms with E-state index in [0.29, 0.717) is 29.1 Å². The van der Waals surface area contributed by atoms with Gasteiger partial charge in [-0.15, -0.1) is 10.2 Å². The third-order valence-corrected chi connectivity index (χ3v) is 5.29. The fourth-order valence-electron chi connectivity index (χ4n) is 3.57. The molecule has 0 spiro atoms. The van der Waals surface area contributed by atoms with Crippen molar-refractivity contribution in [1.82, 2.24) is 24.7 Å². The lowest BCUT2D eigenvalue weighted by Crippen LogP contribution is -2.36. The lowest BCUT2D eigenvalue weighted by Gasteiger charge is -2.26. The van der Waals surface area contributed by atoms with Crippen molar-refractivity contribution in [1.29, 1.82) is 0 Å². The Bertz CT molecular complexity index is 1090. The van der Waals surface area contributed by atoms with Crippen molar-refractivity contribution in [3.05, 3.63) is 47.1 Å². The second-order valence-corrected chi connectivity index (χ2v) is 7.21. The van der Waals surface area contributed by atoms with Gasteiger partial charge in [0.1, 0.15) is 18.2 Å². The van der Waals surface area contributed by atoms with Crippen LogP contribution in [0.1, 0.15) is 19.3 Å². The van der Waals surface area contributed by atoms with E-state index in [0.717, 1.165) is 12.8 Å². The molecule has 1 N–H and O–H groups in total. The predicted molar refractivity (Wildman–Crippen MR) is 106 cm³/mol. The summed E-state index contributed by atoms with van der Waals surface area (Å²) in [6.07, 6.45) is 2.78. The Balaban J connectivity index is 1.58. The average Bonchev–Trinajstić information content (AvgIpc) is 3.15. The number of benzene rings is 1. The van der Waals surface area contributed by atoms with Crippen LogP contribution in [-0.2, 0) is 7.05 Å². The van der Waals surface area contributed by atoms with Gasteiger partial charge in [-0.25, -0.2) is 14.2 Å². The molecule has 2 atom stereocenters. The van der Waals surface area contributed by atoms with Gasteiger partial charge in [-0.05, 0) is 43.5 Å². The van der Waals surface area contributed by atoms with E-state index in [1.165, 1.54) is 17.0 Å². The first-order valence-electron chi connectivity index (χ1n) is 9.38. The number of hydrogen-bond acceptors (Lipinski definition) is 7. The van der Waals surface area contributed by atoms with Gasteiger partial charge >= 0.3 is 5.69 Å². The van der Waals surface area contributed by atoms with Crippen LogP contribution in [0.15, 0.2) is 41.5 Å². The Kier molecular flexibility index (Phi) is 4.96. The quantitative estimate of drug-likeness (QED) is 0.723. The highest BCUT2D eigenvalue weighted by molar-refractivity contribution is 5.72. The van der Waals surface area contributed by atoms with E-state index in [4.69, 9.17) is 0 Å². The molecule has 3 aromatic rings. The van der Waals surface area contributed by atoms with Crippen molar-refractivity contribution in [2.24, 2.45) is 7.05 Å². The number of aromatic hydroxyl groups is 1. The minimum atomic E-state index is -0.852. The fraction of sp³-hybridized carbons (Fsp3) is 0.350. The Labute approximate surface area is 166 Å². The Morgan fingerprint density at radius 2 is 2.03 bits per heavy atom. The van der Waals surface area contributed by atoms with Crippen LogP contribution >= 0.6 is 0 Å². The molecule has 9 heteroatoms. The standard InChI is InChI=1S/C20H21FN6O2/c1-26-11-22-19(23-20(26)29)12-6-7-13(17(28)10-12)15-8-9-18(25-24-15)27(2)16-5-3-4-14(16)21/h6-11,14,16,28H,3-5H2,1-2H3/t14-,16+/m1/s1. The number of rotatable bonds is 4. The van der Waals surface area contributed by atoms with Crippen LogP contribution in [0.4, 0.5) is 10.2 Å². The molecule has 1 aliphatic rings. The minimum Gasteiger partial charge on any atom is -0.507 e. The Morgan fingerprint density at radius 3 is 2.66 bits per heavy atom. The maximum atomic E-state index is 14.0. The zero-order valence-electron chi connectivity index (χ0n) is 16.2. The molecule has 1 saturated carbocycles. The molecule has 0 radical (unpaired) electrons. The molecule has 0 bridgehead atoms. The predicted octanol–water partition coefficient (Wildman–Crippen LogP) is 2.33. The monoisotopic (exact) mass is 396 g/mol. The van der Waals surface area contributed by atoms with E-state index in [-0.39, 0.29) is 17.6 Å². The van der Waals surface area contributed by atoms with E-state index in [2.05, 4.69) is 20.2 Å². The summed E-state index contributed by atoms with van der Waals surface area (Å²) in [5.41, 5.74) is 1.06. The number of aryl methyl sites for hydroxylation is 1. The van der Waals surface area contributed by atoms with Crippen LogP contribution < -0.4 is 10.6 Å². The molecule has 0 aliphatic heterocycles. The summed E-state index contributed by atoms with van der Waals surface area (Å²) in [6.45, 7) is 0. The molecule has 0 saturated heterocycles. The number of phenols is 1. The lowest BCUT2D eigenvalue weighted by molar-refractivity contribution is 0.306. The van der Waals surface area contributed by atoms with Gasteiger partial charge in [-0.1, -0.05) is 6.07 Å². The zero-order chi connectivity index (χ0) is 20.5. The number of phenolic OH excluding ortho intramolecular Hbond substituents is 1. The smallest absolute Gasteiger partial charge is 0.350 e. The van der Waals surface area contributed by atoms with Crippen LogP contribution in [0.2, 0.25) is 0 Å². The summed E-state index contributed by atoms with van der Waals surface area (Å²) in [6, 6.07) is 8.19. The Morgan fingerprint density at radius 1 is 1.21 bits per heavy atom. The fourth-order valence-corrected chi connectivity index (χ4v) is 3.57. The third-order valence-electron chi connectivity index (χ3n) is 5.29. The first-order valence-corrected chi connectivity index (χ1v) is 9.38. The van der Waals surface area contributed by atoms with Crippen LogP contribution in [0.25, 0.3) is 22.6 Å². The van der Waals surface area contributed by atoms with Gasteiger partial charge in [-0.2, -0.15) is 4.98 Å².